The van der Waals surface area contributed by atoms with Crippen LogP contribution in [-0.2, 0) is 4.79 Å². The van der Waals surface area contributed by atoms with Crippen LogP contribution in [0.3, 0.4) is 0 Å². The van der Waals surface area contributed by atoms with Gasteiger partial charge in [-0.05, 0) is 25.2 Å². The maximum absolute atomic E-state index is 11.9. The van der Waals surface area contributed by atoms with Gasteiger partial charge in [0.2, 0.25) is 0 Å². The number of carbonyl (C=O) groups excluding carboxylic acids is 1. The zero-order valence-electron chi connectivity index (χ0n) is 12.7. The Kier molecular flexibility index (Phi) is 6.82. The molecule has 0 atom stereocenters. The van der Waals surface area contributed by atoms with Gasteiger partial charge in [-0.2, -0.15) is 0 Å². The van der Waals surface area contributed by atoms with E-state index in [0.29, 0.717) is 12.5 Å². The van der Waals surface area contributed by atoms with Crippen LogP contribution in [0.1, 0.15) is 65.2 Å². The first kappa shape index (κ1) is 16.8. The quantitative estimate of drug-likeness (QED) is 0.600. The van der Waals surface area contributed by atoms with Crippen LogP contribution >= 0.6 is 0 Å². The van der Waals surface area contributed by atoms with Crippen LogP contribution < -0.4 is 10.6 Å². The number of unbranched alkanes of at least 4 members (excludes halogenated alkanes) is 1. The van der Waals surface area contributed by atoms with Crippen molar-refractivity contribution in [1.82, 2.24) is 10.6 Å². The van der Waals surface area contributed by atoms with Crippen molar-refractivity contribution < 1.29 is 14.7 Å². The molecule has 0 aromatic carbocycles. The van der Waals surface area contributed by atoms with Crippen molar-refractivity contribution in [2.45, 2.75) is 70.8 Å². The first-order chi connectivity index (χ1) is 9.43. The highest BCUT2D eigenvalue weighted by Gasteiger charge is 2.37. The van der Waals surface area contributed by atoms with E-state index in [2.05, 4.69) is 24.5 Å². The molecule has 2 amide bonds. The third-order valence-corrected chi connectivity index (χ3v) is 3.92. The van der Waals surface area contributed by atoms with Crippen molar-refractivity contribution in [2.75, 3.05) is 6.54 Å². The number of amides is 2. The zero-order chi connectivity index (χ0) is 15.0. The maximum atomic E-state index is 11.9. The molecule has 0 aromatic heterocycles. The third-order valence-electron chi connectivity index (χ3n) is 3.92. The van der Waals surface area contributed by atoms with Crippen LogP contribution in [0.2, 0.25) is 0 Å². The second kappa shape index (κ2) is 8.12. The van der Waals surface area contributed by atoms with E-state index in [9.17, 15) is 9.59 Å². The number of hydrogen-bond acceptors (Lipinski definition) is 2. The summed E-state index contributed by atoms with van der Waals surface area (Å²) in [5.74, 6) is -0.148. The standard InChI is InChI=1S/C15H28N2O3/c1-12(2)7-3-6-10-16-14(20)17-15(11-13(18)19)8-4-5-9-15/h12H,3-11H2,1-2H3,(H,18,19)(H2,16,17,20). The number of urea groups is 1. The van der Waals surface area contributed by atoms with Gasteiger partial charge in [0.25, 0.3) is 0 Å². The van der Waals surface area contributed by atoms with Crippen molar-refractivity contribution in [3.8, 4) is 0 Å². The Labute approximate surface area is 121 Å². The lowest BCUT2D eigenvalue weighted by Gasteiger charge is -2.28. The number of rotatable bonds is 8. The number of hydrogen-bond donors (Lipinski definition) is 3. The Bertz CT molecular complexity index is 323. The number of nitrogens with one attached hydrogen (secondary N) is 2. The second-order valence-corrected chi connectivity index (χ2v) is 6.33. The minimum absolute atomic E-state index is 0.0216. The molecule has 0 bridgehead atoms. The lowest BCUT2D eigenvalue weighted by Crippen LogP contribution is -2.51. The van der Waals surface area contributed by atoms with E-state index in [4.69, 9.17) is 5.11 Å². The molecule has 1 fully saturated rings. The average molecular weight is 284 g/mol. The molecule has 1 aliphatic carbocycles. The summed E-state index contributed by atoms with van der Waals surface area (Å²) in [4.78, 5) is 22.8. The Balaban J connectivity index is 2.27. The lowest BCUT2D eigenvalue weighted by atomic mass is 9.93. The fourth-order valence-electron chi connectivity index (χ4n) is 2.85. The highest BCUT2D eigenvalue weighted by Crippen LogP contribution is 2.32. The van der Waals surface area contributed by atoms with Crippen molar-refractivity contribution in [3.63, 3.8) is 0 Å². The number of aliphatic carboxylic acids is 1. The molecule has 3 N–H and O–H groups in total. The molecule has 0 unspecified atom stereocenters. The van der Waals surface area contributed by atoms with Gasteiger partial charge in [-0.1, -0.05) is 39.5 Å². The summed E-state index contributed by atoms with van der Waals surface area (Å²) in [6.45, 7) is 5.04. The number of carboxylic acid groups (broad SMARTS) is 1. The summed E-state index contributed by atoms with van der Waals surface area (Å²) in [6.07, 6.45) is 6.78. The largest absolute Gasteiger partial charge is 0.481 e. The molecule has 116 valence electrons. The Morgan fingerprint density at radius 1 is 1.20 bits per heavy atom. The van der Waals surface area contributed by atoms with Crippen molar-refractivity contribution in [2.24, 2.45) is 5.92 Å². The summed E-state index contributed by atoms with van der Waals surface area (Å²) in [5.41, 5.74) is -0.534. The van der Waals surface area contributed by atoms with E-state index in [-0.39, 0.29) is 12.5 Å². The average Bonchev–Trinajstić information content (AvgIpc) is 2.75. The molecule has 5 nitrogen and oxygen atoms in total. The first-order valence-corrected chi connectivity index (χ1v) is 7.71. The fraction of sp³-hybridized carbons (Fsp3) is 0.867. The monoisotopic (exact) mass is 284 g/mol. The molecule has 5 heteroatoms. The molecule has 1 aliphatic rings. The highest BCUT2D eigenvalue weighted by atomic mass is 16.4. The van der Waals surface area contributed by atoms with Gasteiger partial charge in [0.15, 0.2) is 0 Å². The molecule has 0 spiro atoms. The number of carboxylic acids is 1. The second-order valence-electron chi connectivity index (χ2n) is 6.33. The van der Waals surface area contributed by atoms with Gasteiger partial charge in [0.1, 0.15) is 0 Å². The van der Waals surface area contributed by atoms with Crippen molar-refractivity contribution >= 4 is 12.0 Å². The van der Waals surface area contributed by atoms with Gasteiger partial charge in [0, 0.05) is 6.54 Å². The van der Waals surface area contributed by atoms with E-state index in [1.165, 1.54) is 6.42 Å². The van der Waals surface area contributed by atoms with Crippen LogP contribution in [0.15, 0.2) is 0 Å². The lowest BCUT2D eigenvalue weighted by molar-refractivity contribution is -0.138. The predicted molar refractivity (Wildman–Crippen MR) is 78.7 cm³/mol. The topological polar surface area (TPSA) is 78.4 Å². The van der Waals surface area contributed by atoms with Gasteiger partial charge < -0.3 is 15.7 Å². The van der Waals surface area contributed by atoms with Crippen LogP contribution in [0.25, 0.3) is 0 Å². The molecule has 0 heterocycles. The minimum atomic E-state index is -0.843. The van der Waals surface area contributed by atoms with Gasteiger partial charge in [0.05, 0.1) is 12.0 Å². The molecule has 0 radical (unpaired) electrons. The molecular formula is C15H28N2O3. The van der Waals surface area contributed by atoms with Gasteiger partial charge in [-0.3, -0.25) is 4.79 Å². The first-order valence-electron chi connectivity index (χ1n) is 7.71. The molecule has 1 rings (SSSR count). The Hall–Kier alpha value is -1.26. The third kappa shape index (κ3) is 6.26. The number of carbonyl (C=O) groups is 2. The van der Waals surface area contributed by atoms with Crippen molar-refractivity contribution in [3.05, 3.63) is 0 Å². The van der Waals surface area contributed by atoms with E-state index in [1.54, 1.807) is 0 Å². The molecular weight excluding hydrogens is 256 g/mol. The van der Waals surface area contributed by atoms with Crippen LogP contribution in [-0.4, -0.2) is 29.2 Å². The summed E-state index contributed by atoms with van der Waals surface area (Å²) in [5, 5.41) is 14.7. The summed E-state index contributed by atoms with van der Waals surface area (Å²) in [6, 6.07) is -0.224. The summed E-state index contributed by atoms with van der Waals surface area (Å²) in [7, 11) is 0. The van der Waals surface area contributed by atoms with E-state index >= 15 is 0 Å². The van der Waals surface area contributed by atoms with Crippen molar-refractivity contribution in [1.29, 1.82) is 0 Å². The molecule has 1 saturated carbocycles. The van der Waals surface area contributed by atoms with Gasteiger partial charge in [-0.15, -0.1) is 0 Å². The molecule has 0 aromatic rings. The maximum Gasteiger partial charge on any atom is 0.315 e. The zero-order valence-corrected chi connectivity index (χ0v) is 12.7. The van der Waals surface area contributed by atoms with E-state index in [0.717, 1.165) is 38.5 Å². The fourth-order valence-corrected chi connectivity index (χ4v) is 2.85. The summed E-state index contributed by atoms with van der Waals surface area (Å²) >= 11 is 0. The Morgan fingerprint density at radius 2 is 1.85 bits per heavy atom. The van der Waals surface area contributed by atoms with Gasteiger partial charge in [-0.25, -0.2) is 4.79 Å². The molecule has 20 heavy (non-hydrogen) atoms. The van der Waals surface area contributed by atoms with Gasteiger partial charge >= 0.3 is 12.0 Å². The highest BCUT2D eigenvalue weighted by molar-refractivity contribution is 5.76. The normalized spacial score (nSPS) is 17.1. The van der Waals surface area contributed by atoms with Crippen LogP contribution in [0.5, 0.6) is 0 Å². The summed E-state index contributed by atoms with van der Waals surface area (Å²) < 4.78 is 0. The van der Waals surface area contributed by atoms with Crippen LogP contribution in [0, 0.1) is 5.92 Å². The Morgan fingerprint density at radius 3 is 2.40 bits per heavy atom. The SMILES string of the molecule is CC(C)CCCCNC(=O)NC1(CC(=O)O)CCCC1. The molecule has 0 aliphatic heterocycles. The smallest absolute Gasteiger partial charge is 0.315 e. The molecule has 0 saturated heterocycles. The predicted octanol–water partition coefficient (Wildman–Crippen LogP) is 2.90. The van der Waals surface area contributed by atoms with Crippen LogP contribution in [0.4, 0.5) is 4.79 Å². The van der Waals surface area contributed by atoms with E-state index < -0.39 is 11.5 Å². The minimum Gasteiger partial charge on any atom is -0.481 e. The van der Waals surface area contributed by atoms with E-state index in [1.807, 2.05) is 0 Å².